The minimum atomic E-state index is 0.206. The predicted octanol–water partition coefficient (Wildman–Crippen LogP) is 1.41. The Morgan fingerprint density at radius 3 is 2.54 bits per heavy atom. The minimum absolute atomic E-state index is 0.206. The molecule has 0 aromatic heterocycles. The molecule has 0 aliphatic carbocycles. The van der Waals surface area contributed by atoms with Gasteiger partial charge in [-0.15, -0.1) is 0 Å². The van der Waals surface area contributed by atoms with Crippen LogP contribution in [0.1, 0.15) is 27.2 Å². The van der Waals surface area contributed by atoms with E-state index >= 15 is 0 Å². The van der Waals surface area contributed by atoms with Crippen molar-refractivity contribution in [2.24, 2.45) is 4.99 Å². The summed E-state index contributed by atoms with van der Waals surface area (Å²) in [7, 11) is 4.23. The Morgan fingerprint density at radius 1 is 1.54 bits per heavy atom. The number of aliphatic imine (C=N–C) groups is 1. The van der Waals surface area contributed by atoms with Crippen LogP contribution in [0, 0.1) is 0 Å². The van der Waals surface area contributed by atoms with Gasteiger partial charge in [-0.25, -0.2) is 0 Å². The number of nitrogens with zero attached hydrogens (tertiary/aromatic N) is 3. The highest BCUT2D eigenvalue weighted by Crippen LogP contribution is 2.19. The monoisotopic (exact) mass is 183 g/mol. The van der Waals surface area contributed by atoms with Crippen molar-refractivity contribution in [3.05, 3.63) is 0 Å². The molecule has 0 bridgehead atoms. The molecular weight excluding hydrogens is 162 g/mol. The van der Waals surface area contributed by atoms with Crippen LogP contribution in [0.2, 0.25) is 0 Å². The molecule has 3 nitrogen and oxygen atoms in total. The summed E-state index contributed by atoms with van der Waals surface area (Å²) in [5, 5.41) is 0. The van der Waals surface area contributed by atoms with E-state index in [1.54, 1.807) is 0 Å². The van der Waals surface area contributed by atoms with Gasteiger partial charge in [0.1, 0.15) is 0 Å². The first-order valence-electron chi connectivity index (χ1n) is 4.98. The van der Waals surface area contributed by atoms with Gasteiger partial charge in [-0.1, -0.05) is 6.92 Å². The highest BCUT2D eigenvalue weighted by Gasteiger charge is 2.27. The molecule has 0 radical (unpaired) electrons. The molecule has 0 unspecified atom stereocenters. The van der Waals surface area contributed by atoms with Crippen molar-refractivity contribution in [3.63, 3.8) is 0 Å². The van der Waals surface area contributed by atoms with E-state index in [0.717, 1.165) is 25.5 Å². The molecule has 13 heavy (non-hydrogen) atoms. The Labute approximate surface area is 81.4 Å². The van der Waals surface area contributed by atoms with Gasteiger partial charge in [0.15, 0.2) is 5.96 Å². The van der Waals surface area contributed by atoms with E-state index in [2.05, 4.69) is 49.7 Å². The van der Waals surface area contributed by atoms with E-state index in [1.807, 2.05) is 0 Å². The maximum absolute atomic E-state index is 4.50. The highest BCUT2D eigenvalue weighted by atomic mass is 15.4. The van der Waals surface area contributed by atoms with Crippen LogP contribution in [0.25, 0.3) is 0 Å². The van der Waals surface area contributed by atoms with E-state index < -0.39 is 0 Å². The van der Waals surface area contributed by atoms with Crippen molar-refractivity contribution in [1.29, 1.82) is 0 Å². The summed E-state index contributed by atoms with van der Waals surface area (Å²) in [5.41, 5.74) is 0.206. The molecular formula is C10H21N3. The van der Waals surface area contributed by atoms with Crippen LogP contribution in [0.15, 0.2) is 4.99 Å². The van der Waals surface area contributed by atoms with Crippen LogP contribution in [0.5, 0.6) is 0 Å². The van der Waals surface area contributed by atoms with Gasteiger partial charge in [0.25, 0.3) is 0 Å². The molecule has 1 rings (SSSR count). The average molecular weight is 183 g/mol. The van der Waals surface area contributed by atoms with Crippen molar-refractivity contribution < 1.29 is 0 Å². The van der Waals surface area contributed by atoms with Gasteiger partial charge in [-0.05, 0) is 20.3 Å². The van der Waals surface area contributed by atoms with Gasteiger partial charge >= 0.3 is 0 Å². The molecule has 0 aromatic rings. The first-order valence-corrected chi connectivity index (χ1v) is 4.98. The van der Waals surface area contributed by atoms with E-state index in [0.29, 0.717) is 0 Å². The Balaban J connectivity index is 2.72. The zero-order valence-corrected chi connectivity index (χ0v) is 9.46. The van der Waals surface area contributed by atoms with E-state index in [-0.39, 0.29) is 5.54 Å². The number of rotatable bonds is 2. The lowest BCUT2D eigenvalue weighted by Gasteiger charge is -2.38. The third-order valence-electron chi connectivity index (χ3n) is 3.10. The molecule has 0 saturated heterocycles. The molecule has 0 saturated carbocycles. The van der Waals surface area contributed by atoms with Crippen molar-refractivity contribution in [3.8, 4) is 0 Å². The molecule has 0 fully saturated rings. The summed E-state index contributed by atoms with van der Waals surface area (Å²) in [6.07, 6.45) is 1.14. The molecule has 1 aliphatic rings. The second kappa shape index (κ2) is 3.56. The number of guanidine groups is 1. The molecule has 76 valence electrons. The molecule has 1 aliphatic heterocycles. The van der Waals surface area contributed by atoms with Crippen LogP contribution >= 0.6 is 0 Å². The molecule has 0 aromatic carbocycles. The van der Waals surface area contributed by atoms with Gasteiger partial charge in [0, 0.05) is 26.2 Å². The van der Waals surface area contributed by atoms with E-state index in [1.165, 1.54) is 0 Å². The van der Waals surface area contributed by atoms with E-state index in [4.69, 9.17) is 0 Å². The van der Waals surface area contributed by atoms with Crippen LogP contribution in [0.4, 0.5) is 0 Å². The lowest BCUT2D eigenvalue weighted by atomic mass is 10.0. The van der Waals surface area contributed by atoms with Crippen LogP contribution < -0.4 is 0 Å². The van der Waals surface area contributed by atoms with Crippen LogP contribution in [0.3, 0.4) is 0 Å². The fourth-order valence-electron chi connectivity index (χ4n) is 1.39. The zero-order chi connectivity index (χ0) is 10.1. The second-order valence-corrected chi connectivity index (χ2v) is 4.33. The molecule has 0 N–H and O–H groups in total. The highest BCUT2D eigenvalue weighted by molar-refractivity contribution is 5.81. The van der Waals surface area contributed by atoms with E-state index in [9.17, 15) is 0 Å². The van der Waals surface area contributed by atoms with Gasteiger partial charge in [-0.2, -0.15) is 0 Å². The maximum Gasteiger partial charge on any atom is 0.196 e. The number of likely N-dealkylation sites (N-methyl/N-ethyl adjacent to an activating group) is 1. The van der Waals surface area contributed by atoms with Gasteiger partial charge in [0.2, 0.25) is 0 Å². The van der Waals surface area contributed by atoms with Gasteiger partial charge < -0.3 is 9.80 Å². The smallest absolute Gasteiger partial charge is 0.196 e. The Hall–Kier alpha value is -0.730. The first kappa shape index (κ1) is 10.4. The summed E-state index contributed by atoms with van der Waals surface area (Å²) in [6.45, 7) is 8.71. The lowest BCUT2D eigenvalue weighted by Crippen LogP contribution is -2.49. The van der Waals surface area contributed by atoms with Crippen molar-refractivity contribution in [2.75, 3.05) is 27.2 Å². The van der Waals surface area contributed by atoms with Crippen LogP contribution in [-0.4, -0.2) is 48.5 Å². The van der Waals surface area contributed by atoms with Crippen LogP contribution in [-0.2, 0) is 0 Å². The molecule has 1 heterocycles. The third kappa shape index (κ3) is 1.95. The summed E-state index contributed by atoms with van der Waals surface area (Å²) in [4.78, 5) is 9.00. The third-order valence-corrected chi connectivity index (χ3v) is 3.10. The average Bonchev–Trinajstić information content (AvgIpc) is 2.50. The first-order chi connectivity index (χ1) is 5.99. The Bertz CT molecular complexity index is 208. The summed E-state index contributed by atoms with van der Waals surface area (Å²) in [5.74, 6) is 1.13. The molecule has 0 atom stereocenters. The quantitative estimate of drug-likeness (QED) is 0.644. The fraction of sp³-hybridized carbons (Fsp3) is 0.900. The largest absolute Gasteiger partial charge is 0.344 e. The molecule has 3 heteroatoms. The Kier molecular flexibility index (Phi) is 2.84. The SMILES string of the molecule is CCC(C)(C)N(C)C1=NCCN1C. The fourth-order valence-corrected chi connectivity index (χ4v) is 1.39. The standard InChI is InChI=1S/C10H21N3/c1-6-10(2,3)13(5)9-11-7-8-12(9)4/h6-8H2,1-5H3. The normalized spacial score (nSPS) is 17.6. The van der Waals surface area contributed by atoms with Crippen molar-refractivity contribution in [2.45, 2.75) is 32.7 Å². The summed E-state index contributed by atoms with van der Waals surface area (Å²) in [6, 6.07) is 0. The maximum atomic E-state index is 4.50. The number of hydrogen-bond donors (Lipinski definition) is 0. The number of hydrogen-bond acceptors (Lipinski definition) is 3. The molecule has 0 amide bonds. The van der Waals surface area contributed by atoms with Crippen molar-refractivity contribution in [1.82, 2.24) is 9.80 Å². The minimum Gasteiger partial charge on any atom is -0.344 e. The second-order valence-electron chi connectivity index (χ2n) is 4.33. The predicted molar refractivity (Wildman–Crippen MR) is 57.1 cm³/mol. The lowest BCUT2D eigenvalue weighted by molar-refractivity contribution is 0.225. The van der Waals surface area contributed by atoms with Crippen molar-refractivity contribution >= 4 is 5.96 Å². The summed E-state index contributed by atoms with van der Waals surface area (Å²) >= 11 is 0. The van der Waals surface area contributed by atoms with Gasteiger partial charge in [-0.3, -0.25) is 4.99 Å². The Morgan fingerprint density at radius 2 is 2.15 bits per heavy atom. The topological polar surface area (TPSA) is 18.8 Å². The van der Waals surface area contributed by atoms with Gasteiger partial charge in [0.05, 0.1) is 6.54 Å². The molecule has 0 spiro atoms. The summed E-state index contributed by atoms with van der Waals surface area (Å²) < 4.78 is 0. The zero-order valence-electron chi connectivity index (χ0n) is 9.46.